The molecule has 2 amide bonds. The predicted molar refractivity (Wildman–Crippen MR) is 98.5 cm³/mol. The Morgan fingerprint density at radius 1 is 1.07 bits per heavy atom. The lowest BCUT2D eigenvalue weighted by atomic mass is 10.2. The molecule has 2 aromatic rings. The van der Waals surface area contributed by atoms with E-state index < -0.39 is 11.7 Å². The number of urea groups is 1. The van der Waals surface area contributed by atoms with E-state index in [4.69, 9.17) is 23.2 Å². The standard InChI is InChI=1S/C17H15Cl2F3N4O/c18-12-1-3-13(4-2-12)24-16(27)26-7-5-25(6-8-26)15-14(19)9-11(10-23-15)17(20,21)22/h1-4,9-10H,5-8H2,(H,24,27). The Balaban J connectivity index is 1.60. The van der Waals surface area contributed by atoms with Gasteiger partial charge in [0.05, 0.1) is 10.6 Å². The van der Waals surface area contributed by atoms with Crippen molar-refractivity contribution in [2.24, 2.45) is 0 Å². The molecule has 3 rings (SSSR count). The highest BCUT2D eigenvalue weighted by atomic mass is 35.5. The van der Waals surface area contributed by atoms with Crippen LogP contribution in [0.4, 0.5) is 29.5 Å². The monoisotopic (exact) mass is 418 g/mol. The second-order valence-corrected chi connectivity index (χ2v) is 6.78. The fourth-order valence-corrected chi connectivity index (χ4v) is 3.09. The minimum absolute atomic E-state index is 0.0658. The molecule has 1 aliphatic heterocycles. The van der Waals surface area contributed by atoms with Crippen LogP contribution in [0.3, 0.4) is 0 Å². The predicted octanol–water partition coefficient (Wildman–Crippen LogP) is 4.76. The summed E-state index contributed by atoms with van der Waals surface area (Å²) in [7, 11) is 0. The van der Waals surface area contributed by atoms with E-state index >= 15 is 0 Å². The molecule has 0 spiro atoms. The van der Waals surface area contributed by atoms with Crippen LogP contribution in [0.15, 0.2) is 36.5 Å². The van der Waals surface area contributed by atoms with Crippen molar-refractivity contribution in [2.45, 2.75) is 6.18 Å². The number of carbonyl (C=O) groups is 1. The Labute approximate surface area is 163 Å². The first-order chi connectivity index (χ1) is 12.7. The van der Waals surface area contributed by atoms with Crippen molar-refractivity contribution >= 4 is 40.7 Å². The molecule has 2 heterocycles. The van der Waals surface area contributed by atoms with Crippen LogP contribution in [0.25, 0.3) is 0 Å². The van der Waals surface area contributed by atoms with Crippen LogP contribution in [0.5, 0.6) is 0 Å². The van der Waals surface area contributed by atoms with Crippen LogP contribution in [-0.4, -0.2) is 42.1 Å². The summed E-state index contributed by atoms with van der Waals surface area (Å²) in [6.07, 6.45) is -3.73. The third-order valence-electron chi connectivity index (χ3n) is 4.11. The zero-order chi connectivity index (χ0) is 19.6. The molecule has 0 atom stereocenters. The van der Waals surface area contributed by atoms with E-state index in [-0.39, 0.29) is 16.9 Å². The summed E-state index contributed by atoms with van der Waals surface area (Å²) in [5, 5.41) is 3.28. The lowest BCUT2D eigenvalue weighted by Crippen LogP contribution is -2.50. The van der Waals surface area contributed by atoms with E-state index in [9.17, 15) is 18.0 Å². The summed E-state index contributed by atoms with van der Waals surface area (Å²) in [5.41, 5.74) is -0.267. The van der Waals surface area contributed by atoms with E-state index in [1.807, 2.05) is 0 Å². The number of halogens is 5. The quantitative estimate of drug-likeness (QED) is 0.764. The van der Waals surface area contributed by atoms with E-state index in [2.05, 4.69) is 10.3 Å². The number of amides is 2. The van der Waals surface area contributed by atoms with Crippen LogP contribution >= 0.6 is 23.2 Å². The van der Waals surface area contributed by atoms with E-state index in [0.29, 0.717) is 36.9 Å². The number of pyridine rings is 1. The fraction of sp³-hybridized carbons (Fsp3) is 0.294. The van der Waals surface area contributed by atoms with Crippen LogP contribution in [-0.2, 0) is 6.18 Å². The van der Waals surface area contributed by atoms with Crippen LogP contribution in [0.2, 0.25) is 10.0 Å². The molecule has 0 saturated carbocycles. The topological polar surface area (TPSA) is 48.5 Å². The maximum absolute atomic E-state index is 12.7. The number of rotatable bonds is 2. The summed E-state index contributed by atoms with van der Waals surface area (Å²) >= 11 is 11.8. The molecule has 144 valence electrons. The molecule has 0 radical (unpaired) electrons. The number of nitrogens with one attached hydrogen (secondary N) is 1. The van der Waals surface area contributed by atoms with Gasteiger partial charge in [0.1, 0.15) is 5.82 Å². The molecule has 1 saturated heterocycles. The van der Waals surface area contributed by atoms with Crippen LogP contribution in [0, 0.1) is 0 Å². The van der Waals surface area contributed by atoms with Gasteiger partial charge in [-0.25, -0.2) is 9.78 Å². The number of hydrogen-bond donors (Lipinski definition) is 1. The Bertz CT molecular complexity index is 822. The summed E-state index contributed by atoms with van der Waals surface area (Å²) in [6.45, 7) is 1.59. The van der Waals surface area contributed by atoms with Crippen LogP contribution < -0.4 is 10.2 Å². The molecule has 0 bridgehead atoms. The number of anilines is 2. The lowest BCUT2D eigenvalue weighted by Gasteiger charge is -2.35. The van der Waals surface area contributed by atoms with Gasteiger partial charge in [-0.2, -0.15) is 13.2 Å². The first kappa shape index (κ1) is 19.6. The van der Waals surface area contributed by atoms with Gasteiger partial charge < -0.3 is 15.1 Å². The normalized spacial score (nSPS) is 15.0. The minimum atomic E-state index is -4.49. The number of piperazine rings is 1. The Kier molecular flexibility index (Phi) is 5.67. The molecule has 0 unspecified atom stereocenters. The fourth-order valence-electron chi connectivity index (χ4n) is 2.68. The number of aromatic nitrogens is 1. The van der Waals surface area contributed by atoms with Gasteiger partial charge >= 0.3 is 12.2 Å². The molecule has 1 aromatic carbocycles. The van der Waals surface area contributed by atoms with E-state index in [1.54, 1.807) is 34.1 Å². The van der Waals surface area contributed by atoms with E-state index in [0.717, 1.165) is 12.3 Å². The van der Waals surface area contributed by atoms with E-state index in [1.165, 1.54) is 0 Å². The van der Waals surface area contributed by atoms with Crippen molar-refractivity contribution in [3.05, 3.63) is 52.1 Å². The van der Waals surface area contributed by atoms with Crippen molar-refractivity contribution in [3.8, 4) is 0 Å². The summed E-state index contributed by atoms with van der Waals surface area (Å²) in [4.78, 5) is 19.5. The van der Waals surface area contributed by atoms with Gasteiger partial charge in [0.2, 0.25) is 0 Å². The van der Waals surface area contributed by atoms with Gasteiger partial charge in [-0.3, -0.25) is 0 Å². The molecule has 10 heteroatoms. The minimum Gasteiger partial charge on any atom is -0.352 e. The maximum atomic E-state index is 12.7. The van der Waals surface area contributed by atoms with Gasteiger partial charge in [-0.1, -0.05) is 23.2 Å². The number of benzene rings is 1. The van der Waals surface area contributed by atoms with Crippen LogP contribution in [0.1, 0.15) is 5.56 Å². The van der Waals surface area contributed by atoms with Gasteiger partial charge in [0.25, 0.3) is 0 Å². The Hall–Kier alpha value is -2.19. The first-order valence-corrected chi connectivity index (χ1v) is 8.79. The van der Waals surface area contributed by atoms with Crippen molar-refractivity contribution in [1.29, 1.82) is 0 Å². The molecular weight excluding hydrogens is 404 g/mol. The zero-order valence-corrected chi connectivity index (χ0v) is 15.4. The molecule has 0 aliphatic carbocycles. The molecular formula is C17H15Cl2F3N4O. The molecule has 1 aliphatic rings. The maximum Gasteiger partial charge on any atom is 0.417 e. The largest absolute Gasteiger partial charge is 0.417 e. The van der Waals surface area contributed by atoms with Gasteiger partial charge in [-0.05, 0) is 30.3 Å². The molecule has 1 N–H and O–H groups in total. The average molecular weight is 419 g/mol. The van der Waals surface area contributed by atoms with Gasteiger partial charge in [-0.15, -0.1) is 0 Å². The molecule has 1 aromatic heterocycles. The van der Waals surface area contributed by atoms with Crippen molar-refractivity contribution < 1.29 is 18.0 Å². The highest BCUT2D eigenvalue weighted by Crippen LogP contribution is 2.33. The molecule has 5 nitrogen and oxygen atoms in total. The first-order valence-electron chi connectivity index (χ1n) is 8.03. The number of hydrogen-bond acceptors (Lipinski definition) is 3. The van der Waals surface area contributed by atoms with Crippen molar-refractivity contribution in [3.63, 3.8) is 0 Å². The molecule has 27 heavy (non-hydrogen) atoms. The number of nitrogens with zero attached hydrogens (tertiary/aromatic N) is 3. The second kappa shape index (κ2) is 7.82. The van der Waals surface area contributed by atoms with Crippen molar-refractivity contribution in [1.82, 2.24) is 9.88 Å². The van der Waals surface area contributed by atoms with Gasteiger partial charge in [0.15, 0.2) is 0 Å². The number of alkyl halides is 3. The third-order valence-corrected chi connectivity index (χ3v) is 4.64. The number of carbonyl (C=O) groups excluding carboxylic acids is 1. The third kappa shape index (κ3) is 4.75. The summed E-state index contributed by atoms with van der Waals surface area (Å²) in [6, 6.07) is 7.35. The second-order valence-electron chi connectivity index (χ2n) is 5.94. The lowest BCUT2D eigenvalue weighted by molar-refractivity contribution is -0.137. The highest BCUT2D eigenvalue weighted by molar-refractivity contribution is 6.33. The summed E-state index contributed by atoms with van der Waals surface area (Å²) in [5.74, 6) is 0.280. The Morgan fingerprint density at radius 3 is 2.26 bits per heavy atom. The summed E-state index contributed by atoms with van der Waals surface area (Å²) < 4.78 is 38.1. The van der Waals surface area contributed by atoms with Crippen molar-refractivity contribution in [2.75, 3.05) is 36.4 Å². The molecule has 1 fully saturated rings. The smallest absolute Gasteiger partial charge is 0.352 e. The zero-order valence-electron chi connectivity index (χ0n) is 13.9. The highest BCUT2D eigenvalue weighted by Gasteiger charge is 2.32. The Morgan fingerprint density at radius 2 is 1.70 bits per heavy atom. The average Bonchev–Trinajstić information content (AvgIpc) is 2.63. The van der Waals surface area contributed by atoms with Gasteiger partial charge in [0, 0.05) is 43.1 Å². The SMILES string of the molecule is O=C(Nc1ccc(Cl)cc1)N1CCN(c2ncc(C(F)(F)F)cc2Cl)CC1.